The lowest BCUT2D eigenvalue weighted by Gasteiger charge is -2.15. The molecule has 0 aromatic heterocycles. The summed E-state index contributed by atoms with van der Waals surface area (Å²) in [7, 11) is 3.93. The first-order chi connectivity index (χ1) is 7.11. The van der Waals surface area contributed by atoms with Crippen molar-refractivity contribution >= 4 is 5.91 Å². The zero-order valence-electron chi connectivity index (χ0n) is 11.5. The van der Waals surface area contributed by atoms with Gasteiger partial charge in [0.15, 0.2) is 0 Å². The van der Waals surface area contributed by atoms with E-state index in [0.29, 0.717) is 0 Å². The van der Waals surface area contributed by atoms with Crippen molar-refractivity contribution in [3.63, 3.8) is 0 Å². The second-order valence-electron chi connectivity index (χ2n) is 3.42. The Morgan fingerprint density at radius 2 is 1.53 bits per heavy atom. The van der Waals surface area contributed by atoms with Crippen molar-refractivity contribution in [3.8, 4) is 0 Å². The van der Waals surface area contributed by atoms with Gasteiger partial charge in [-0.2, -0.15) is 0 Å². The Hall–Kier alpha value is -0.570. The highest BCUT2D eigenvalue weighted by atomic mass is 16.2. The summed E-state index contributed by atoms with van der Waals surface area (Å²) < 4.78 is 0. The van der Waals surface area contributed by atoms with Gasteiger partial charge in [-0.05, 0) is 7.05 Å². The molecule has 3 heteroatoms. The molecule has 0 aromatic rings. The number of hydrogen-bond donors (Lipinski definition) is 0. The van der Waals surface area contributed by atoms with Crippen molar-refractivity contribution in [3.05, 3.63) is 0 Å². The van der Waals surface area contributed by atoms with E-state index in [1.54, 1.807) is 0 Å². The molecule has 0 aliphatic carbocycles. The van der Waals surface area contributed by atoms with E-state index in [2.05, 4.69) is 11.9 Å². The number of carbonyl (C=O) groups excluding carboxylic acids is 1. The van der Waals surface area contributed by atoms with E-state index < -0.39 is 0 Å². The molecule has 0 N–H and O–H groups in total. The number of nitrogens with zero attached hydrogens (tertiary/aromatic N) is 2. The van der Waals surface area contributed by atoms with E-state index in [1.807, 2.05) is 46.6 Å². The molecule has 0 spiro atoms. The van der Waals surface area contributed by atoms with Crippen molar-refractivity contribution in [2.45, 2.75) is 34.6 Å². The van der Waals surface area contributed by atoms with Gasteiger partial charge in [-0.1, -0.05) is 34.6 Å². The predicted octanol–water partition coefficient (Wildman–Crippen LogP) is 2.08. The van der Waals surface area contributed by atoms with E-state index in [-0.39, 0.29) is 11.8 Å². The van der Waals surface area contributed by atoms with E-state index in [1.165, 1.54) is 0 Å². The third kappa shape index (κ3) is 6.50. The van der Waals surface area contributed by atoms with Crippen molar-refractivity contribution in [2.24, 2.45) is 5.92 Å². The molecule has 1 atom stereocenters. The molecule has 0 saturated carbocycles. The fraction of sp³-hybridized carbons (Fsp3) is 0.917. The molecule has 0 radical (unpaired) electrons. The molecule has 3 nitrogen and oxygen atoms in total. The van der Waals surface area contributed by atoms with Crippen LogP contribution in [-0.2, 0) is 4.79 Å². The van der Waals surface area contributed by atoms with Crippen LogP contribution in [0.5, 0.6) is 0 Å². The van der Waals surface area contributed by atoms with Crippen LogP contribution in [0.2, 0.25) is 0 Å². The fourth-order valence-corrected chi connectivity index (χ4v) is 1.44. The van der Waals surface area contributed by atoms with Crippen LogP contribution in [0.25, 0.3) is 0 Å². The highest BCUT2D eigenvalue weighted by Crippen LogP contribution is 2.06. The van der Waals surface area contributed by atoms with Gasteiger partial charge in [0, 0.05) is 32.6 Å². The lowest BCUT2D eigenvalue weighted by molar-refractivity contribution is -0.132. The Morgan fingerprint density at radius 3 is 2.00 bits per heavy atom. The van der Waals surface area contributed by atoms with Crippen molar-refractivity contribution in [1.29, 1.82) is 0 Å². The first-order valence-corrected chi connectivity index (χ1v) is 6.05. The lowest BCUT2D eigenvalue weighted by Crippen LogP contribution is -2.31. The summed E-state index contributed by atoms with van der Waals surface area (Å²) in [4.78, 5) is 15.4. The molecule has 92 valence electrons. The smallest absolute Gasteiger partial charge is 0.226 e. The molecule has 1 heterocycles. The number of hydrogen-bond acceptors (Lipinski definition) is 2. The summed E-state index contributed by atoms with van der Waals surface area (Å²) in [5.41, 5.74) is 0. The third-order valence-electron chi connectivity index (χ3n) is 2.20. The number of amides is 1. The molecule has 1 saturated heterocycles. The summed E-state index contributed by atoms with van der Waals surface area (Å²) in [6.07, 6.45) is 0. The van der Waals surface area contributed by atoms with Crippen LogP contribution in [-0.4, -0.2) is 49.4 Å². The van der Waals surface area contributed by atoms with Crippen LogP contribution >= 0.6 is 0 Å². The quantitative estimate of drug-likeness (QED) is 0.619. The van der Waals surface area contributed by atoms with E-state index in [4.69, 9.17) is 0 Å². The van der Waals surface area contributed by atoms with Crippen LogP contribution in [0.1, 0.15) is 34.6 Å². The molecule has 15 heavy (non-hydrogen) atoms. The van der Waals surface area contributed by atoms with Crippen molar-refractivity contribution in [1.82, 2.24) is 9.80 Å². The summed E-state index contributed by atoms with van der Waals surface area (Å²) in [6, 6.07) is 0. The number of carbonyl (C=O) groups is 1. The summed E-state index contributed by atoms with van der Waals surface area (Å²) in [5, 5.41) is 0. The molecule has 1 amide bonds. The molecule has 0 aromatic carbocycles. The Labute approximate surface area is 95.4 Å². The summed E-state index contributed by atoms with van der Waals surface area (Å²) in [6.45, 7) is 12.7. The van der Waals surface area contributed by atoms with Crippen LogP contribution in [0, 0.1) is 5.92 Å². The minimum Gasteiger partial charge on any atom is -0.344 e. The Balaban J connectivity index is 0. The summed E-state index contributed by atoms with van der Waals surface area (Å²) >= 11 is 0. The predicted molar refractivity (Wildman–Crippen MR) is 67.0 cm³/mol. The van der Waals surface area contributed by atoms with Crippen molar-refractivity contribution in [2.75, 3.05) is 33.7 Å². The average molecular weight is 216 g/mol. The highest BCUT2D eigenvalue weighted by molar-refractivity contribution is 5.78. The van der Waals surface area contributed by atoms with Gasteiger partial charge in [0.2, 0.25) is 5.91 Å². The van der Waals surface area contributed by atoms with Gasteiger partial charge in [-0.25, -0.2) is 0 Å². The highest BCUT2D eigenvalue weighted by Gasteiger charge is 2.22. The molecule has 1 fully saturated rings. The normalized spacial score (nSPS) is 21.9. The minimum absolute atomic E-state index is 0.160. The third-order valence-corrected chi connectivity index (χ3v) is 2.20. The van der Waals surface area contributed by atoms with Gasteiger partial charge < -0.3 is 9.80 Å². The topological polar surface area (TPSA) is 23.6 Å². The zero-order valence-corrected chi connectivity index (χ0v) is 11.5. The van der Waals surface area contributed by atoms with Gasteiger partial charge in [-0.3, -0.25) is 4.79 Å². The van der Waals surface area contributed by atoms with Gasteiger partial charge in [-0.15, -0.1) is 0 Å². The van der Waals surface area contributed by atoms with E-state index in [9.17, 15) is 4.79 Å². The number of likely N-dealkylation sites (N-methyl/N-ethyl adjacent to an activating group) is 2. The molecule has 1 aliphatic rings. The van der Waals surface area contributed by atoms with E-state index >= 15 is 0 Å². The standard InChI is InChI=1S/C8H16N2O.2C2H6/c1-7-6-9(2)4-5-10(3)8(7)11;2*1-2/h7H,4-6H2,1-3H3;2*1-2H3. The summed E-state index contributed by atoms with van der Waals surface area (Å²) in [5.74, 6) is 0.432. The largest absolute Gasteiger partial charge is 0.344 e. The zero-order chi connectivity index (χ0) is 12.4. The minimum atomic E-state index is 0.160. The van der Waals surface area contributed by atoms with Crippen LogP contribution in [0.4, 0.5) is 0 Å². The SMILES string of the molecule is CC.CC.CC1CN(C)CCN(C)C1=O. The van der Waals surface area contributed by atoms with E-state index in [0.717, 1.165) is 19.6 Å². The van der Waals surface area contributed by atoms with Gasteiger partial charge in [0.25, 0.3) is 0 Å². The second kappa shape index (κ2) is 9.97. The maximum Gasteiger partial charge on any atom is 0.226 e. The van der Waals surface area contributed by atoms with Crippen molar-refractivity contribution < 1.29 is 4.79 Å². The van der Waals surface area contributed by atoms with Gasteiger partial charge >= 0.3 is 0 Å². The lowest BCUT2D eigenvalue weighted by atomic mass is 10.1. The molecular weight excluding hydrogens is 188 g/mol. The van der Waals surface area contributed by atoms with Crippen LogP contribution in [0.3, 0.4) is 0 Å². The maximum absolute atomic E-state index is 11.4. The number of rotatable bonds is 0. The maximum atomic E-state index is 11.4. The first kappa shape index (κ1) is 16.8. The molecular formula is C12H28N2O. The molecule has 0 bridgehead atoms. The van der Waals surface area contributed by atoms with Gasteiger partial charge in [0.05, 0.1) is 0 Å². The first-order valence-electron chi connectivity index (χ1n) is 6.05. The molecule has 1 aliphatic heterocycles. The average Bonchev–Trinajstić information content (AvgIpc) is 2.39. The van der Waals surface area contributed by atoms with Gasteiger partial charge in [0.1, 0.15) is 0 Å². The monoisotopic (exact) mass is 216 g/mol. The Bertz CT molecular complexity index is 160. The molecule has 1 rings (SSSR count). The molecule has 1 unspecified atom stereocenters. The fourth-order valence-electron chi connectivity index (χ4n) is 1.44. The Morgan fingerprint density at radius 1 is 1.07 bits per heavy atom. The Kier molecular flexibility index (Phi) is 11.2. The van der Waals surface area contributed by atoms with Crippen LogP contribution < -0.4 is 0 Å². The van der Waals surface area contributed by atoms with Crippen LogP contribution in [0.15, 0.2) is 0 Å². The second-order valence-corrected chi connectivity index (χ2v) is 3.42.